The van der Waals surface area contributed by atoms with Gasteiger partial charge in [0, 0.05) is 24.3 Å². The van der Waals surface area contributed by atoms with Gasteiger partial charge in [-0.2, -0.15) is 5.26 Å². The zero-order valence-electron chi connectivity index (χ0n) is 14.7. The fourth-order valence-corrected chi connectivity index (χ4v) is 1.99. The molecule has 0 fully saturated rings. The SMILES string of the molecule is CC(C)(C)OC(=O)NCCN/C=C(/C#N)C(=O)Nc1cc(Cl)ccc1Cl. The number of halogens is 2. The van der Waals surface area contributed by atoms with Crippen molar-refractivity contribution in [3.8, 4) is 6.07 Å². The van der Waals surface area contributed by atoms with Gasteiger partial charge in [0.25, 0.3) is 5.91 Å². The van der Waals surface area contributed by atoms with Gasteiger partial charge >= 0.3 is 6.09 Å². The topological polar surface area (TPSA) is 103 Å². The van der Waals surface area contributed by atoms with Gasteiger partial charge in [0.15, 0.2) is 0 Å². The van der Waals surface area contributed by atoms with Gasteiger partial charge < -0.3 is 20.7 Å². The molecule has 0 bridgehead atoms. The lowest BCUT2D eigenvalue weighted by atomic mass is 10.2. The highest BCUT2D eigenvalue weighted by Gasteiger charge is 2.15. The van der Waals surface area contributed by atoms with E-state index in [1.807, 2.05) is 0 Å². The molecular weight excluding hydrogens is 379 g/mol. The number of alkyl carbamates (subject to hydrolysis) is 1. The molecule has 1 aromatic carbocycles. The Kier molecular flexibility index (Phi) is 8.23. The first-order chi connectivity index (χ1) is 12.1. The highest BCUT2D eigenvalue weighted by atomic mass is 35.5. The molecule has 0 atom stereocenters. The van der Waals surface area contributed by atoms with Crippen LogP contribution in [-0.4, -0.2) is 30.7 Å². The summed E-state index contributed by atoms with van der Waals surface area (Å²) >= 11 is 11.8. The van der Waals surface area contributed by atoms with E-state index in [4.69, 9.17) is 33.2 Å². The summed E-state index contributed by atoms with van der Waals surface area (Å²) < 4.78 is 5.08. The maximum Gasteiger partial charge on any atom is 0.407 e. The third-order valence-electron chi connectivity index (χ3n) is 2.73. The molecule has 0 spiro atoms. The standard InChI is InChI=1S/C17H20Cl2N4O3/c1-17(2,3)26-16(25)22-7-6-21-10-11(9-20)15(24)23-14-8-12(18)4-5-13(14)19/h4-5,8,10,21H,6-7H2,1-3H3,(H,22,25)(H,23,24)/b11-10-. The van der Waals surface area contributed by atoms with Gasteiger partial charge in [0.2, 0.25) is 0 Å². The van der Waals surface area contributed by atoms with Gasteiger partial charge in [-0.3, -0.25) is 4.79 Å². The number of ether oxygens (including phenoxy) is 1. The molecule has 0 heterocycles. The molecule has 2 amide bonds. The number of benzene rings is 1. The Morgan fingerprint density at radius 1 is 1.27 bits per heavy atom. The van der Waals surface area contributed by atoms with Crippen molar-refractivity contribution in [1.29, 1.82) is 5.26 Å². The van der Waals surface area contributed by atoms with Gasteiger partial charge in [-0.05, 0) is 39.0 Å². The minimum Gasteiger partial charge on any atom is -0.444 e. The summed E-state index contributed by atoms with van der Waals surface area (Å²) in [5.41, 5.74) is -0.430. The van der Waals surface area contributed by atoms with Crippen LogP contribution in [0.3, 0.4) is 0 Å². The van der Waals surface area contributed by atoms with Crippen LogP contribution in [0.1, 0.15) is 20.8 Å². The lowest BCUT2D eigenvalue weighted by molar-refractivity contribution is -0.112. The van der Waals surface area contributed by atoms with E-state index in [1.165, 1.54) is 18.3 Å². The van der Waals surface area contributed by atoms with E-state index in [1.54, 1.807) is 32.9 Å². The Hall–Kier alpha value is -2.43. The number of hydrogen-bond acceptors (Lipinski definition) is 5. The van der Waals surface area contributed by atoms with Crippen molar-refractivity contribution in [3.05, 3.63) is 40.0 Å². The number of nitriles is 1. The Balaban J connectivity index is 2.50. The van der Waals surface area contributed by atoms with Crippen LogP contribution < -0.4 is 16.0 Å². The largest absolute Gasteiger partial charge is 0.444 e. The molecule has 3 N–H and O–H groups in total. The Bertz CT molecular complexity index is 737. The summed E-state index contributed by atoms with van der Waals surface area (Å²) in [7, 11) is 0. The van der Waals surface area contributed by atoms with Gasteiger partial charge in [-0.15, -0.1) is 0 Å². The third-order valence-corrected chi connectivity index (χ3v) is 3.29. The molecular formula is C17H20Cl2N4O3. The molecule has 0 saturated carbocycles. The van der Waals surface area contributed by atoms with Gasteiger partial charge in [-0.1, -0.05) is 23.2 Å². The lowest BCUT2D eigenvalue weighted by Gasteiger charge is -2.19. The first kappa shape index (κ1) is 21.6. The van der Waals surface area contributed by atoms with Crippen LogP contribution in [-0.2, 0) is 9.53 Å². The average Bonchev–Trinajstić information content (AvgIpc) is 2.52. The zero-order chi connectivity index (χ0) is 19.7. The van der Waals surface area contributed by atoms with Crippen molar-refractivity contribution < 1.29 is 14.3 Å². The monoisotopic (exact) mass is 398 g/mol. The minimum absolute atomic E-state index is 0.154. The predicted molar refractivity (Wildman–Crippen MR) is 101 cm³/mol. The smallest absolute Gasteiger partial charge is 0.407 e. The fraction of sp³-hybridized carbons (Fsp3) is 0.353. The van der Waals surface area contributed by atoms with Crippen molar-refractivity contribution in [2.24, 2.45) is 0 Å². The normalized spacial score (nSPS) is 11.3. The summed E-state index contributed by atoms with van der Waals surface area (Å²) in [5, 5.41) is 17.6. The highest BCUT2D eigenvalue weighted by Crippen LogP contribution is 2.25. The molecule has 26 heavy (non-hydrogen) atoms. The van der Waals surface area contributed by atoms with E-state index in [2.05, 4.69) is 16.0 Å². The minimum atomic E-state index is -0.635. The molecule has 1 aromatic rings. The molecule has 0 aliphatic heterocycles. The van der Waals surface area contributed by atoms with Crippen LogP contribution in [0.25, 0.3) is 0 Å². The highest BCUT2D eigenvalue weighted by molar-refractivity contribution is 6.35. The number of nitrogens with one attached hydrogen (secondary N) is 3. The molecule has 0 radical (unpaired) electrons. The van der Waals surface area contributed by atoms with Crippen molar-refractivity contribution >= 4 is 40.9 Å². The van der Waals surface area contributed by atoms with E-state index >= 15 is 0 Å². The third kappa shape index (κ3) is 8.10. The molecule has 0 aliphatic carbocycles. The molecule has 7 nitrogen and oxygen atoms in total. The molecule has 9 heteroatoms. The fourth-order valence-electron chi connectivity index (χ4n) is 1.66. The maximum absolute atomic E-state index is 12.1. The summed E-state index contributed by atoms with van der Waals surface area (Å²) in [6.07, 6.45) is 0.710. The van der Waals surface area contributed by atoms with Crippen molar-refractivity contribution in [1.82, 2.24) is 10.6 Å². The summed E-state index contributed by atoms with van der Waals surface area (Å²) in [6, 6.07) is 6.39. The van der Waals surface area contributed by atoms with Crippen molar-refractivity contribution in [3.63, 3.8) is 0 Å². The lowest BCUT2D eigenvalue weighted by Crippen LogP contribution is -2.35. The average molecular weight is 399 g/mol. The van der Waals surface area contributed by atoms with Crippen LogP contribution in [0, 0.1) is 11.3 Å². The second-order valence-electron chi connectivity index (χ2n) is 6.13. The van der Waals surface area contributed by atoms with Gasteiger partial charge in [0.1, 0.15) is 17.2 Å². The van der Waals surface area contributed by atoms with Crippen LogP contribution in [0.15, 0.2) is 30.0 Å². The molecule has 0 saturated heterocycles. The Morgan fingerprint density at radius 2 is 1.96 bits per heavy atom. The second-order valence-corrected chi connectivity index (χ2v) is 6.97. The van der Waals surface area contributed by atoms with E-state index in [-0.39, 0.29) is 12.1 Å². The molecule has 1 rings (SSSR count). The van der Waals surface area contributed by atoms with E-state index in [0.717, 1.165) is 0 Å². The molecule has 0 aliphatic rings. The summed E-state index contributed by atoms with van der Waals surface area (Å²) in [5.74, 6) is -0.635. The second kappa shape index (κ2) is 9.90. The van der Waals surface area contributed by atoms with Gasteiger partial charge in [0.05, 0.1) is 10.7 Å². The van der Waals surface area contributed by atoms with E-state index in [9.17, 15) is 9.59 Å². The van der Waals surface area contributed by atoms with Gasteiger partial charge in [-0.25, -0.2) is 4.79 Å². The number of hydrogen-bond donors (Lipinski definition) is 3. The van der Waals surface area contributed by atoms with Crippen molar-refractivity contribution in [2.45, 2.75) is 26.4 Å². The van der Waals surface area contributed by atoms with E-state index in [0.29, 0.717) is 22.3 Å². The summed E-state index contributed by atoms with van der Waals surface area (Å²) in [4.78, 5) is 23.6. The summed E-state index contributed by atoms with van der Waals surface area (Å²) in [6.45, 7) is 5.84. The Morgan fingerprint density at radius 3 is 2.58 bits per heavy atom. The van der Waals surface area contributed by atoms with Crippen LogP contribution in [0.4, 0.5) is 10.5 Å². The maximum atomic E-state index is 12.1. The van der Waals surface area contributed by atoms with Crippen LogP contribution >= 0.6 is 23.2 Å². The number of nitrogens with zero attached hydrogens (tertiary/aromatic N) is 1. The Labute approximate surface area is 162 Å². The van der Waals surface area contributed by atoms with Crippen LogP contribution in [0.2, 0.25) is 10.0 Å². The van der Waals surface area contributed by atoms with Crippen LogP contribution in [0.5, 0.6) is 0 Å². The zero-order valence-corrected chi connectivity index (χ0v) is 16.2. The van der Waals surface area contributed by atoms with Crippen molar-refractivity contribution in [2.75, 3.05) is 18.4 Å². The first-order valence-electron chi connectivity index (χ1n) is 7.69. The number of rotatable bonds is 6. The predicted octanol–water partition coefficient (Wildman–Crippen LogP) is 3.45. The number of anilines is 1. The van der Waals surface area contributed by atoms with E-state index < -0.39 is 17.6 Å². The number of amides is 2. The quantitative estimate of drug-likeness (QED) is 0.386. The number of carbonyl (C=O) groups is 2. The first-order valence-corrected chi connectivity index (χ1v) is 8.45. The molecule has 0 aromatic heterocycles. The molecule has 0 unspecified atom stereocenters. The molecule has 140 valence electrons. The number of carbonyl (C=O) groups excluding carboxylic acids is 2.